The van der Waals surface area contributed by atoms with Gasteiger partial charge in [0.05, 0.1) is 25.9 Å². The van der Waals surface area contributed by atoms with E-state index in [2.05, 4.69) is 42.2 Å². The highest BCUT2D eigenvalue weighted by Crippen LogP contribution is 2.56. The highest BCUT2D eigenvalue weighted by Gasteiger charge is 2.62. The third-order valence-corrected chi connectivity index (χ3v) is 9.70. The zero-order valence-corrected chi connectivity index (χ0v) is 26.6. The molecule has 0 aromatic carbocycles. The standard InChI is InChI=1S/C21H25FN10O10P2S2/c22-9-8(2-33)38-18(32-6-28-11-15(32)29-20(24)30-16(11)34)12(9)42-44(35,36)37-3-21-1-7(39-19(21)41-43(45)46)17(40-21)31-5-27-10-13(23)25-4-26-14(10)31/h4-9,12,17-19,33,43H,1-3H2,(H,35,36)(H,45,46)(H2,23,25,26)(H3,24,29,30,34)/t7-,8-,9+,12-,17-,18-,19?,21+/m1/s1. The van der Waals surface area contributed by atoms with Crippen molar-refractivity contribution in [2.75, 3.05) is 24.7 Å². The summed E-state index contributed by atoms with van der Waals surface area (Å²) in [7, 11) is -5.14. The van der Waals surface area contributed by atoms with Crippen LogP contribution in [0.4, 0.5) is 16.2 Å². The Labute approximate surface area is 266 Å². The molecule has 3 unspecified atom stereocenters. The number of nitrogens with zero attached hydrogens (tertiary/aromatic N) is 7. The van der Waals surface area contributed by atoms with Crippen molar-refractivity contribution < 1.29 is 46.7 Å². The fourth-order valence-electron chi connectivity index (χ4n) is 5.72. The molecule has 3 fully saturated rings. The van der Waals surface area contributed by atoms with Crippen molar-refractivity contribution in [3.05, 3.63) is 29.3 Å². The first-order valence-corrected chi connectivity index (χ1v) is 18.7. The monoisotopic (exact) mass is 722 g/mol. The van der Waals surface area contributed by atoms with Gasteiger partial charge in [0.1, 0.15) is 41.9 Å². The average Bonchev–Trinajstić information content (AvgIpc) is 3.80. The van der Waals surface area contributed by atoms with Gasteiger partial charge in [0, 0.05) is 6.42 Å². The van der Waals surface area contributed by atoms with Crippen LogP contribution in [0.3, 0.4) is 0 Å². The molecule has 4 aromatic rings. The number of rotatable bonds is 10. The molecule has 46 heavy (non-hydrogen) atoms. The first-order chi connectivity index (χ1) is 21.9. The van der Waals surface area contributed by atoms with E-state index in [1.54, 1.807) is 4.57 Å². The molecule has 3 saturated heterocycles. The van der Waals surface area contributed by atoms with E-state index in [9.17, 15) is 19.4 Å². The van der Waals surface area contributed by atoms with E-state index in [0.717, 1.165) is 10.9 Å². The summed E-state index contributed by atoms with van der Waals surface area (Å²) in [5.74, 6) is -0.119. The summed E-state index contributed by atoms with van der Waals surface area (Å²) in [5.41, 5.74) is 9.78. The lowest BCUT2D eigenvalue weighted by molar-refractivity contribution is -0.267. The topological polar surface area (TPSA) is 272 Å². The van der Waals surface area contributed by atoms with Crippen molar-refractivity contribution in [3.8, 4) is 0 Å². The predicted octanol–water partition coefficient (Wildman–Crippen LogP) is -0.311. The highest BCUT2D eigenvalue weighted by molar-refractivity contribution is 8.54. The molecule has 3 aliphatic heterocycles. The Balaban J connectivity index is 1.14. The van der Waals surface area contributed by atoms with Crippen molar-refractivity contribution in [3.63, 3.8) is 0 Å². The molecular formula is C21H25FN10O10P2S2. The van der Waals surface area contributed by atoms with Crippen LogP contribution in [0.15, 0.2) is 23.8 Å². The van der Waals surface area contributed by atoms with Gasteiger partial charge in [-0.1, -0.05) is 11.8 Å². The molecule has 0 aliphatic carbocycles. The molecule has 7 rings (SSSR count). The number of aliphatic hydroxyl groups is 1. The number of aromatic nitrogens is 8. The number of hydrogen-bond donors (Lipinski definition) is 6. The minimum atomic E-state index is -5.14. The highest BCUT2D eigenvalue weighted by atomic mass is 32.9. The van der Waals surface area contributed by atoms with Crippen molar-refractivity contribution in [1.29, 1.82) is 0 Å². The maximum atomic E-state index is 15.5. The molecule has 2 bridgehead atoms. The number of H-pyrrole nitrogens is 1. The first kappa shape index (κ1) is 31.9. The maximum Gasteiger partial charge on any atom is 0.472 e. The Morgan fingerprint density at radius 1 is 1.20 bits per heavy atom. The summed E-state index contributed by atoms with van der Waals surface area (Å²) in [5, 5.41) is 9.70. The molecule has 0 amide bonds. The molecule has 7 N–H and O–H groups in total. The minimum Gasteiger partial charge on any atom is -0.394 e. The van der Waals surface area contributed by atoms with E-state index in [1.807, 2.05) is 0 Å². The smallest absolute Gasteiger partial charge is 0.394 e. The number of hydrogen-bond acceptors (Lipinski definition) is 17. The van der Waals surface area contributed by atoms with E-state index in [4.69, 9.17) is 51.1 Å². The van der Waals surface area contributed by atoms with Crippen LogP contribution in [0, 0.1) is 0 Å². The second kappa shape index (κ2) is 11.8. The summed E-state index contributed by atoms with van der Waals surface area (Å²) in [6.07, 6.45) is -7.79. The number of phosphoric ester groups is 1. The van der Waals surface area contributed by atoms with E-state index < -0.39 is 81.6 Å². The molecule has 0 saturated carbocycles. The van der Waals surface area contributed by atoms with Crippen LogP contribution < -0.4 is 17.0 Å². The maximum absolute atomic E-state index is 15.5. The van der Waals surface area contributed by atoms with Crippen molar-refractivity contribution in [2.45, 2.75) is 55.3 Å². The third-order valence-electron chi connectivity index (χ3n) is 7.71. The average molecular weight is 723 g/mol. The van der Waals surface area contributed by atoms with Gasteiger partial charge in [-0.15, -0.1) is 12.2 Å². The lowest BCUT2D eigenvalue weighted by Gasteiger charge is -2.37. The van der Waals surface area contributed by atoms with Crippen molar-refractivity contribution in [2.24, 2.45) is 0 Å². The molecule has 7 heterocycles. The van der Waals surface area contributed by atoms with Gasteiger partial charge < -0.3 is 40.2 Å². The molecule has 10 atom stereocenters. The molecule has 0 spiro atoms. The Kier molecular flexibility index (Phi) is 8.18. The van der Waals surface area contributed by atoms with Crippen LogP contribution in [0.2, 0.25) is 0 Å². The number of aliphatic hydroxyl groups excluding tert-OH is 1. The number of nitrogens with one attached hydrogen (secondary N) is 1. The Bertz CT molecular complexity index is 1950. The third kappa shape index (κ3) is 5.43. The zero-order valence-electron chi connectivity index (χ0n) is 23.0. The van der Waals surface area contributed by atoms with Crippen LogP contribution in [0.5, 0.6) is 0 Å². The van der Waals surface area contributed by atoms with E-state index >= 15 is 4.39 Å². The van der Waals surface area contributed by atoms with Gasteiger partial charge >= 0.3 is 7.82 Å². The number of fused-ring (bicyclic) bond motifs is 4. The quantitative estimate of drug-likeness (QED) is 0.0905. The van der Waals surface area contributed by atoms with Crippen LogP contribution in [-0.4, -0.2) is 98.6 Å². The van der Waals surface area contributed by atoms with Gasteiger partial charge in [0.15, 0.2) is 47.5 Å². The molecule has 0 radical (unpaired) electrons. The number of alkyl halides is 1. The molecule has 25 heteroatoms. The number of thiol groups is 1. The Hall–Kier alpha value is -2.66. The number of ether oxygens (including phenoxy) is 3. The molecule has 3 aliphatic rings. The lowest BCUT2D eigenvalue weighted by atomic mass is 10.0. The lowest BCUT2D eigenvalue weighted by Crippen LogP contribution is -2.47. The van der Waals surface area contributed by atoms with E-state index in [-0.39, 0.29) is 29.4 Å². The number of nitrogen functional groups attached to an aromatic ring is 2. The van der Waals surface area contributed by atoms with Crippen LogP contribution in [0.25, 0.3) is 22.3 Å². The summed E-state index contributed by atoms with van der Waals surface area (Å²) in [4.78, 5) is 45.7. The first-order valence-electron chi connectivity index (χ1n) is 13.3. The van der Waals surface area contributed by atoms with Gasteiger partial charge in [0.25, 0.3) is 5.56 Å². The Morgan fingerprint density at radius 3 is 2.67 bits per heavy atom. The molecule has 20 nitrogen and oxygen atoms in total. The van der Waals surface area contributed by atoms with Gasteiger partial charge in [-0.05, 0) is 0 Å². The fourth-order valence-corrected chi connectivity index (χ4v) is 7.69. The normalized spacial score (nSPS) is 32.8. The number of phosphoric acid groups is 1. The summed E-state index contributed by atoms with van der Waals surface area (Å²) in [6.45, 7) is -1.44. The van der Waals surface area contributed by atoms with E-state index in [0.29, 0.717) is 11.2 Å². The van der Waals surface area contributed by atoms with Crippen LogP contribution in [0.1, 0.15) is 18.9 Å². The number of nitrogens with two attached hydrogens (primary N) is 2. The second-order valence-electron chi connectivity index (χ2n) is 10.5. The van der Waals surface area contributed by atoms with Gasteiger partial charge in [-0.3, -0.25) is 28.0 Å². The number of halogens is 1. The van der Waals surface area contributed by atoms with Crippen LogP contribution in [-0.2, 0) is 44.2 Å². The largest absolute Gasteiger partial charge is 0.472 e. The van der Waals surface area contributed by atoms with Crippen molar-refractivity contribution in [1.82, 2.24) is 39.0 Å². The number of aromatic amines is 1. The molecule has 4 aromatic heterocycles. The second-order valence-corrected chi connectivity index (χ2v) is 15.9. The van der Waals surface area contributed by atoms with Gasteiger partial charge in [0.2, 0.25) is 5.95 Å². The minimum absolute atomic E-state index is 0.108. The summed E-state index contributed by atoms with van der Waals surface area (Å²) < 4.78 is 65.9. The SMILES string of the molecule is Nc1nc2c(ncn2[C@@H]2O[C@H](CO)[C@H](F)[C@H]2OP(=O)(O)OC[C@@]23C[C@@H](OC2O[PH](=S)S)[C@H](n2cnc4c(N)ncnc42)O3)c(=O)[nH]1. The molecular weight excluding hydrogens is 697 g/mol. The van der Waals surface area contributed by atoms with Crippen LogP contribution >= 0.6 is 26.2 Å². The number of anilines is 2. The van der Waals surface area contributed by atoms with Crippen molar-refractivity contribution >= 4 is 72.1 Å². The summed E-state index contributed by atoms with van der Waals surface area (Å²) in [6, 6.07) is 0. The predicted molar refractivity (Wildman–Crippen MR) is 161 cm³/mol. The molecule has 248 valence electrons. The zero-order chi connectivity index (χ0) is 32.5. The number of imidazole rings is 2. The Morgan fingerprint density at radius 2 is 1.93 bits per heavy atom. The van der Waals surface area contributed by atoms with Gasteiger partial charge in [-0.2, -0.15) is 4.98 Å². The van der Waals surface area contributed by atoms with E-state index in [1.165, 1.54) is 12.7 Å². The fraction of sp³-hybridized carbons (Fsp3) is 0.524. The van der Waals surface area contributed by atoms with Gasteiger partial charge in [-0.25, -0.2) is 28.9 Å². The summed E-state index contributed by atoms with van der Waals surface area (Å²) >= 11 is 9.31.